The average molecular weight is 295 g/mol. The monoisotopic (exact) mass is 295 g/mol. The van der Waals surface area contributed by atoms with Gasteiger partial charge in [0.05, 0.1) is 16.8 Å². The molecule has 0 radical (unpaired) electrons. The first-order valence-electron chi connectivity index (χ1n) is 7.34. The Labute approximate surface area is 124 Å². The number of thiocarbonyl (C=S) groups is 1. The van der Waals surface area contributed by atoms with E-state index in [0.717, 1.165) is 32.4 Å². The van der Waals surface area contributed by atoms with Crippen LogP contribution in [-0.4, -0.2) is 52.3 Å². The van der Waals surface area contributed by atoms with Gasteiger partial charge in [-0.2, -0.15) is 0 Å². The summed E-state index contributed by atoms with van der Waals surface area (Å²) >= 11 is 5.25. The molecular weight excluding hydrogens is 274 g/mol. The van der Waals surface area contributed by atoms with Crippen LogP contribution in [0.2, 0.25) is 0 Å². The number of imide groups is 1. The molecular formula is C14H21N3O2S. The highest BCUT2D eigenvalue weighted by atomic mass is 32.1. The molecule has 1 saturated carbocycles. The minimum absolute atomic E-state index is 0.0325. The van der Waals surface area contributed by atoms with Gasteiger partial charge in [0.15, 0.2) is 0 Å². The number of rotatable bonds is 2. The summed E-state index contributed by atoms with van der Waals surface area (Å²) in [6.07, 6.45) is 3.97. The van der Waals surface area contributed by atoms with Crippen molar-refractivity contribution in [2.75, 3.05) is 20.1 Å². The summed E-state index contributed by atoms with van der Waals surface area (Å²) in [6.45, 7) is 1.62. The van der Waals surface area contributed by atoms with Crippen LogP contribution in [0.4, 0.5) is 0 Å². The minimum Gasteiger partial charge on any atom is -0.391 e. The lowest BCUT2D eigenvalue weighted by atomic mass is 9.85. The third kappa shape index (κ3) is 1.81. The van der Waals surface area contributed by atoms with E-state index in [-0.39, 0.29) is 23.7 Å². The highest BCUT2D eigenvalue weighted by Gasteiger charge is 2.58. The zero-order valence-electron chi connectivity index (χ0n) is 11.8. The number of fused-ring (bicyclic) bond motifs is 1. The Balaban J connectivity index is 1.94. The molecule has 5 nitrogen and oxygen atoms in total. The van der Waals surface area contributed by atoms with E-state index in [2.05, 4.69) is 4.90 Å². The lowest BCUT2D eigenvalue weighted by molar-refractivity contribution is -0.146. The maximum Gasteiger partial charge on any atom is 0.233 e. The number of nitrogens with zero attached hydrogens (tertiary/aromatic N) is 2. The van der Waals surface area contributed by atoms with Crippen LogP contribution in [0.1, 0.15) is 32.1 Å². The first kappa shape index (κ1) is 13.9. The SMILES string of the molecule is CN1CCC(C(N)=S)(N2C(=O)C3CCCC3C2=O)CC1. The molecule has 3 fully saturated rings. The maximum atomic E-state index is 12.7. The third-order valence-electron chi connectivity index (χ3n) is 5.29. The van der Waals surface area contributed by atoms with Crippen molar-refractivity contribution in [2.24, 2.45) is 17.6 Å². The number of amides is 2. The zero-order valence-corrected chi connectivity index (χ0v) is 12.6. The number of carbonyl (C=O) groups excluding carboxylic acids is 2. The summed E-state index contributed by atoms with van der Waals surface area (Å²) in [5, 5.41) is 0. The van der Waals surface area contributed by atoms with E-state index in [0.29, 0.717) is 17.8 Å². The predicted molar refractivity (Wildman–Crippen MR) is 78.9 cm³/mol. The number of hydrogen-bond acceptors (Lipinski definition) is 4. The largest absolute Gasteiger partial charge is 0.391 e. The van der Waals surface area contributed by atoms with Gasteiger partial charge in [0.1, 0.15) is 5.54 Å². The second-order valence-electron chi connectivity index (χ2n) is 6.35. The Kier molecular flexibility index (Phi) is 3.33. The second-order valence-corrected chi connectivity index (χ2v) is 6.79. The fourth-order valence-corrected chi connectivity index (χ4v) is 4.28. The summed E-state index contributed by atoms with van der Waals surface area (Å²) in [5.74, 6) is -0.300. The van der Waals surface area contributed by atoms with Crippen molar-refractivity contribution < 1.29 is 9.59 Å². The lowest BCUT2D eigenvalue weighted by Gasteiger charge is -2.45. The molecule has 2 atom stereocenters. The first-order chi connectivity index (χ1) is 9.47. The molecule has 2 amide bonds. The van der Waals surface area contributed by atoms with E-state index in [4.69, 9.17) is 18.0 Å². The standard InChI is InChI=1S/C14H21N3O2S/c1-16-7-5-14(6-8-16,13(15)20)17-11(18)9-3-2-4-10(9)12(17)19/h9-10H,2-8H2,1H3,(H2,15,20). The Bertz CT molecular complexity index is 449. The Morgan fingerprint density at radius 1 is 1.20 bits per heavy atom. The molecule has 3 rings (SSSR count). The molecule has 6 heteroatoms. The van der Waals surface area contributed by atoms with E-state index >= 15 is 0 Å². The Hall–Kier alpha value is -1.01. The van der Waals surface area contributed by atoms with Crippen LogP contribution < -0.4 is 5.73 Å². The molecule has 2 N–H and O–H groups in total. The van der Waals surface area contributed by atoms with Crippen molar-refractivity contribution in [3.05, 3.63) is 0 Å². The van der Waals surface area contributed by atoms with Gasteiger partial charge in [-0.05, 0) is 32.7 Å². The average Bonchev–Trinajstić information content (AvgIpc) is 2.97. The molecule has 2 saturated heterocycles. The number of nitrogens with two attached hydrogens (primary N) is 1. The quantitative estimate of drug-likeness (QED) is 0.594. The summed E-state index contributed by atoms with van der Waals surface area (Å²) < 4.78 is 0. The molecule has 20 heavy (non-hydrogen) atoms. The van der Waals surface area contributed by atoms with Gasteiger partial charge in [-0.25, -0.2) is 0 Å². The van der Waals surface area contributed by atoms with E-state index in [1.165, 1.54) is 4.90 Å². The maximum absolute atomic E-state index is 12.7. The molecule has 0 bridgehead atoms. The highest BCUT2D eigenvalue weighted by molar-refractivity contribution is 7.80. The minimum atomic E-state index is -0.722. The van der Waals surface area contributed by atoms with Gasteiger partial charge in [-0.15, -0.1) is 0 Å². The summed E-state index contributed by atoms with van der Waals surface area (Å²) in [7, 11) is 2.03. The van der Waals surface area contributed by atoms with E-state index in [1.54, 1.807) is 0 Å². The molecule has 2 heterocycles. The van der Waals surface area contributed by atoms with Crippen LogP contribution in [-0.2, 0) is 9.59 Å². The van der Waals surface area contributed by atoms with Gasteiger partial charge < -0.3 is 10.6 Å². The zero-order chi connectivity index (χ0) is 14.5. The third-order valence-corrected chi connectivity index (χ3v) is 5.67. The first-order valence-corrected chi connectivity index (χ1v) is 7.74. The molecule has 0 spiro atoms. The van der Waals surface area contributed by atoms with E-state index < -0.39 is 5.54 Å². The van der Waals surface area contributed by atoms with Crippen molar-refractivity contribution in [1.29, 1.82) is 0 Å². The number of hydrogen-bond donors (Lipinski definition) is 1. The lowest BCUT2D eigenvalue weighted by Crippen LogP contribution is -2.63. The fraction of sp³-hybridized carbons (Fsp3) is 0.786. The smallest absolute Gasteiger partial charge is 0.233 e. The molecule has 110 valence electrons. The van der Waals surface area contributed by atoms with Crippen LogP contribution in [0.3, 0.4) is 0 Å². The topological polar surface area (TPSA) is 66.6 Å². The summed E-state index contributed by atoms with van der Waals surface area (Å²) in [4.78, 5) is 29.3. The number of likely N-dealkylation sites (tertiary alicyclic amines) is 2. The summed E-state index contributed by atoms with van der Waals surface area (Å²) in [6, 6.07) is 0. The molecule has 0 aromatic carbocycles. The Morgan fingerprint density at radius 2 is 1.70 bits per heavy atom. The Morgan fingerprint density at radius 3 is 2.15 bits per heavy atom. The van der Waals surface area contributed by atoms with Crippen LogP contribution in [0.15, 0.2) is 0 Å². The molecule has 2 unspecified atom stereocenters. The normalized spacial score (nSPS) is 33.5. The number of piperidine rings is 1. The number of carbonyl (C=O) groups is 2. The van der Waals surface area contributed by atoms with Crippen molar-refractivity contribution in [2.45, 2.75) is 37.6 Å². The molecule has 3 aliphatic rings. The van der Waals surface area contributed by atoms with Gasteiger partial charge in [0.2, 0.25) is 11.8 Å². The van der Waals surface area contributed by atoms with Gasteiger partial charge in [0.25, 0.3) is 0 Å². The van der Waals surface area contributed by atoms with E-state index in [9.17, 15) is 9.59 Å². The van der Waals surface area contributed by atoms with Gasteiger partial charge in [0, 0.05) is 13.1 Å². The molecule has 1 aliphatic carbocycles. The highest BCUT2D eigenvalue weighted by Crippen LogP contribution is 2.44. The van der Waals surface area contributed by atoms with Crippen LogP contribution in [0.5, 0.6) is 0 Å². The van der Waals surface area contributed by atoms with Crippen molar-refractivity contribution in [1.82, 2.24) is 9.80 Å². The molecule has 0 aromatic rings. The van der Waals surface area contributed by atoms with Crippen molar-refractivity contribution in [3.8, 4) is 0 Å². The second kappa shape index (κ2) is 4.77. The summed E-state index contributed by atoms with van der Waals surface area (Å²) in [5.41, 5.74) is 5.25. The molecule has 0 aromatic heterocycles. The predicted octanol–water partition coefficient (Wildman–Crippen LogP) is 0.522. The van der Waals surface area contributed by atoms with Crippen molar-refractivity contribution >= 4 is 29.0 Å². The van der Waals surface area contributed by atoms with Crippen LogP contribution >= 0.6 is 12.2 Å². The van der Waals surface area contributed by atoms with Crippen molar-refractivity contribution in [3.63, 3.8) is 0 Å². The van der Waals surface area contributed by atoms with Crippen LogP contribution in [0, 0.1) is 11.8 Å². The fourth-order valence-electron chi connectivity index (χ4n) is 3.98. The van der Waals surface area contributed by atoms with Crippen LogP contribution in [0.25, 0.3) is 0 Å². The van der Waals surface area contributed by atoms with Gasteiger partial charge >= 0.3 is 0 Å². The van der Waals surface area contributed by atoms with Gasteiger partial charge in [-0.3, -0.25) is 14.5 Å². The van der Waals surface area contributed by atoms with Gasteiger partial charge in [-0.1, -0.05) is 18.6 Å². The molecule has 2 aliphatic heterocycles. The van der Waals surface area contributed by atoms with E-state index in [1.807, 2.05) is 7.05 Å².